The van der Waals surface area contributed by atoms with Crippen molar-refractivity contribution in [3.8, 4) is 0 Å². The van der Waals surface area contributed by atoms with E-state index in [0.717, 1.165) is 29.8 Å². The van der Waals surface area contributed by atoms with Crippen LogP contribution in [0.4, 0.5) is 18.9 Å². The number of hydrogen-bond donors (Lipinski definition) is 2. The molecule has 0 saturated carbocycles. The van der Waals surface area contributed by atoms with Gasteiger partial charge in [-0.15, -0.1) is 0 Å². The molecule has 4 nitrogen and oxygen atoms in total. The van der Waals surface area contributed by atoms with Gasteiger partial charge in [-0.3, -0.25) is 9.59 Å². The zero-order valence-electron chi connectivity index (χ0n) is 16.8. The van der Waals surface area contributed by atoms with Crippen LogP contribution in [0.2, 0.25) is 0 Å². The molecule has 1 aliphatic heterocycles. The SMILES string of the molecule is CC1=C(C(=O)Nc2cccc(C(F)(F)F)c2)C(c2ccccc2)C2=C(CCCC2=O)N1. The summed E-state index contributed by atoms with van der Waals surface area (Å²) in [5, 5.41) is 5.79. The molecule has 0 aromatic heterocycles. The van der Waals surface area contributed by atoms with Crippen molar-refractivity contribution in [2.75, 3.05) is 5.32 Å². The third-order valence-corrected chi connectivity index (χ3v) is 5.60. The van der Waals surface area contributed by atoms with Gasteiger partial charge >= 0.3 is 6.18 Å². The number of nitrogens with one attached hydrogen (secondary N) is 2. The van der Waals surface area contributed by atoms with Crippen molar-refractivity contribution in [3.63, 3.8) is 0 Å². The first-order chi connectivity index (χ1) is 14.8. The summed E-state index contributed by atoms with van der Waals surface area (Å²) in [6.45, 7) is 1.75. The van der Waals surface area contributed by atoms with E-state index in [0.29, 0.717) is 29.7 Å². The van der Waals surface area contributed by atoms with Crippen molar-refractivity contribution in [2.24, 2.45) is 0 Å². The molecular weight excluding hydrogens is 405 g/mol. The Morgan fingerprint density at radius 3 is 2.52 bits per heavy atom. The van der Waals surface area contributed by atoms with E-state index in [1.807, 2.05) is 30.3 Å². The summed E-state index contributed by atoms with van der Waals surface area (Å²) in [5.41, 5.74) is 2.30. The third-order valence-electron chi connectivity index (χ3n) is 5.60. The molecule has 0 bridgehead atoms. The number of Topliss-reactive ketones (excluding diaryl/α,β-unsaturated/α-hetero) is 1. The molecule has 1 aliphatic carbocycles. The Balaban J connectivity index is 1.74. The molecule has 7 heteroatoms. The van der Waals surface area contributed by atoms with Crippen LogP contribution in [0.15, 0.2) is 77.1 Å². The van der Waals surface area contributed by atoms with Crippen molar-refractivity contribution < 1.29 is 22.8 Å². The molecule has 2 aromatic rings. The van der Waals surface area contributed by atoms with E-state index >= 15 is 0 Å². The highest BCUT2D eigenvalue weighted by atomic mass is 19.4. The van der Waals surface area contributed by atoms with Gasteiger partial charge in [0, 0.05) is 40.6 Å². The van der Waals surface area contributed by atoms with Crippen LogP contribution in [0, 0.1) is 0 Å². The number of dihydropyridines is 1. The Morgan fingerprint density at radius 1 is 1.06 bits per heavy atom. The van der Waals surface area contributed by atoms with Gasteiger partial charge < -0.3 is 10.6 Å². The smallest absolute Gasteiger partial charge is 0.362 e. The van der Waals surface area contributed by atoms with Crippen LogP contribution in [0.5, 0.6) is 0 Å². The fourth-order valence-corrected chi connectivity index (χ4v) is 4.23. The van der Waals surface area contributed by atoms with Crippen LogP contribution in [0.1, 0.15) is 43.2 Å². The zero-order chi connectivity index (χ0) is 22.2. The van der Waals surface area contributed by atoms with E-state index in [9.17, 15) is 22.8 Å². The average Bonchev–Trinajstić information content (AvgIpc) is 2.73. The molecule has 0 spiro atoms. The number of carbonyl (C=O) groups is 2. The predicted octanol–water partition coefficient (Wildman–Crippen LogP) is 5.31. The summed E-state index contributed by atoms with van der Waals surface area (Å²) >= 11 is 0. The number of rotatable bonds is 3. The minimum absolute atomic E-state index is 0.0144. The molecule has 1 unspecified atom stereocenters. The minimum Gasteiger partial charge on any atom is -0.362 e. The molecule has 1 amide bonds. The molecule has 0 saturated heterocycles. The molecule has 0 radical (unpaired) electrons. The van der Waals surface area contributed by atoms with Crippen LogP contribution < -0.4 is 10.6 Å². The Hall–Kier alpha value is -3.35. The van der Waals surface area contributed by atoms with E-state index in [-0.39, 0.29) is 11.5 Å². The van der Waals surface area contributed by atoms with E-state index in [1.54, 1.807) is 6.92 Å². The zero-order valence-corrected chi connectivity index (χ0v) is 16.8. The molecule has 4 rings (SSSR count). The fourth-order valence-electron chi connectivity index (χ4n) is 4.23. The van der Waals surface area contributed by atoms with Crippen molar-refractivity contribution in [2.45, 2.75) is 38.3 Å². The first kappa shape index (κ1) is 20.9. The van der Waals surface area contributed by atoms with Crippen molar-refractivity contribution in [1.29, 1.82) is 0 Å². The molecular formula is C24H21F3N2O2. The van der Waals surface area contributed by atoms with Gasteiger partial charge in [0.15, 0.2) is 5.78 Å². The number of carbonyl (C=O) groups excluding carboxylic acids is 2. The molecule has 2 aliphatic rings. The van der Waals surface area contributed by atoms with Crippen LogP contribution in [-0.2, 0) is 15.8 Å². The monoisotopic (exact) mass is 426 g/mol. The maximum Gasteiger partial charge on any atom is 0.416 e. The number of alkyl halides is 3. The van der Waals surface area contributed by atoms with Crippen molar-refractivity contribution >= 4 is 17.4 Å². The lowest BCUT2D eigenvalue weighted by Gasteiger charge is -2.34. The third kappa shape index (κ3) is 4.13. The summed E-state index contributed by atoms with van der Waals surface area (Å²) in [5.74, 6) is -1.13. The Labute approximate surface area is 177 Å². The Kier molecular flexibility index (Phi) is 5.43. The number of allylic oxidation sites excluding steroid dienone is 3. The van der Waals surface area contributed by atoms with Crippen LogP contribution in [0.25, 0.3) is 0 Å². The number of ketones is 1. The summed E-state index contributed by atoms with van der Waals surface area (Å²) in [7, 11) is 0. The summed E-state index contributed by atoms with van der Waals surface area (Å²) in [6.07, 6.45) is -2.65. The number of halogens is 3. The van der Waals surface area contributed by atoms with Crippen LogP contribution >= 0.6 is 0 Å². The number of amides is 1. The highest BCUT2D eigenvalue weighted by Crippen LogP contribution is 2.42. The molecule has 160 valence electrons. The standard InChI is InChI=1S/C24H21F3N2O2/c1-14-20(23(31)29-17-10-5-9-16(13-17)24(25,26)27)21(15-7-3-2-4-8-15)22-18(28-14)11-6-12-19(22)30/h2-5,7-10,13,21,28H,6,11-12H2,1H3,(H,29,31). The van der Waals surface area contributed by atoms with Crippen LogP contribution in [-0.4, -0.2) is 11.7 Å². The van der Waals surface area contributed by atoms with Gasteiger partial charge in [0.1, 0.15) is 0 Å². The summed E-state index contributed by atoms with van der Waals surface area (Å²) in [6, 6.07) is 13.7. The molecule has 2 aromatic carbocycles. The number of benzene rings is 2. The highest BCUT2D eigenvalue weighted by molar-refractivity contribution is 6.09. The molecule has 2 N–H and O–H groups in total. The lowest BCUT2D eigenvalue weighted by atomic mass is 9.75. The quantitative estimate of drug-likeness (QED) is 0.699. The first-order valence-corrected chi connectivity index (χ1v) is 10.0. The second-order valence-corrected chi connectivity index (χ2v) is 7.71. The van der Waals surface area contributed by atoms with Gasteiger partial charge in [0.25, 0.3) is 5.91 Å². The van der Waals surface area contributed by atoms with Gasteiger partial charge in [-0.2, -0.15) is 13.2 Å². The molecule has 0 fully saturated rings. The van der Waals surface area contributed by atoms with Crippen molar-refractivity contribution in [3.05, 3.63) is 88.3 Å². The van der Waals surface area contributed by atoms with Gasteiger partial charge in [-0.1, -0.05) is 36.4 Å². The first-order valence-electron chi connectivity index (χ1n) is 10.0. The Morgan fingerprint density at radius 2 is 1.81 bits per heavy atom. The van der Waals surface area contributed by atoms with E-state index < -0.39 is 23.6 Å². The molecule has 1 heterocycles. The lowest BCUT2D eigenvalue weighted by molar-refractivity contribution is -0.137. The normalized spacial score (nSPS) is 19.1. The summed E-state index contributed by atoms with van der Waals surface area (Å²) < 4.78 is 39.2. The second-order valence-electron chi connectivity index (χ2n) is 7.71. The van der Waals surface area contributed by atoms with Crippen molar-refractivity contribution in [1.82, 2.24) is 5.32 Å². The topological polar surface area (TPSA) is 58.2 Å². The maximum atomic E-state index is 13.3. The highest BCUT2D eigenvalue weighted by Gasteiger charge is 2.38. The van der Waals surface area contributed by atoms with Gasteiger partial charge in [-0.25, -0.2) is 0 Å². The molecule has 31 heavy (non-hydrogen) atoms. The van der Waals surface area contributed by atoms with E-state index in [2.05, 4.69) is 10.6 Å². The number of anilines is 1. The van der Waals surface area contributed by atoms with Crippen LogP contribution in [0.3, 0.4) is 0 Å². The largest absolute Gasteiger partial charge is 0.416 e. The Bertz CT molecular complexity index is 1100. The maximum absolute atomic E-state index is 13.3. The average molecular weight is 426 g/mol. The second kappa shape index (κ2) is 8.06. The number of hydrogen-bond acceptors (Lipinski definition) is 3. The lowest BCUT2D eigenvalue weighted by Crippen LogP contribution is -2.35. The summed E-state index contributed by atoms with van der Waals surface area (Å²) in [4.78, 5) is 26.1. The van der Waals surface area contributed by atoms with Gasteiger partial charge in [-0.05, 0) is 43.5 Å². The van der Waals surface area contributed by atoms with Gasteiger partial charge in [0.05, 0.1) is 5.56 Å². The predicted molar refractivity (Wildman–Crippen MR) is 111 cm³/mol. The van der Waals surface area contributed by atoms with Gasteiger partial charge in [0.2, 0.25) is 0 Å². The van der Waals surface area contributed by atoms with E-state index in [1.165, 1.54) is 12.1 Å². The molecule has 1 atom stereocenters. The fraction of sp³-hybridized carbons (Fsp3) is 0.250. The van der Waals surface area contributed by atoms with E-state index in [4.69, 9.17) is 0 Å². The minimum atomic E-state index is -4.51.